The van der Waals surface area contributed by atoms with Crippen LogP contribution < -0.4 is 15.8 Å². The van der Waals surface area contributed by atoms with Gasteiger partial charge in [-0.2, -0.15) is 4.98 Å². The number of nitrogens with zero attached hydrogens (tertiary/aromatic N) is 3. The van der Waals surface area contributed by atoms with Crippen molar-refractivity contribution in [1.29, 1.82) is 0 Å². The molecule has 12 heteroatoms. The third-order valence-corrected chi connectivity index (χ3v) is 5.39. The van der Waals surface area contributed by atoms with Gasteiger partial charge < -0.3 is 14.7 Å². The van der Waals surface area contributed by atoms with Gasteiger partial charge in [0.05, 0.1) is 30.0 Å². The summed E-state index contributed by atoms with van der Waals surface area (Å²) in [6.45, 7) is 1.76. The number of aromatic nitrogens is 2. The number of rotatable bonds is 6. The van der Waals surface area contributed by atoms with Crippen molar-refractivity contribution < 1.29 is 27.8 Å². The van der Waals surface area contributed by atoms with Crippen LogP contribution >= 0.6 is 11.6 Å². The fraction of sp³-hybridized carbons (Fsp3) is 0.227. The minimum atomic E-state index is -2.67. The van der Waals surface area contributed by atoms with Crippen molar-refractivity contribution in [2.75, 3.05) is 36.6 Å². The number of amides is 1. The van der Waals surface area contributed by atoms with Crippen LogP contribution in [0.2, 0.25) is 5.02 Å². The smallest absolute Gasteiger partial charge is 0.273 e. The molecule has 8 nitrogen and oxygen atoms in total. The fourth-order valence-corrected chi connectivity index (χ4v) is 3.61. The predicted molar refractivity (Wildman–Crippen MR) is 120 cm³/mol. The van der Waals surface area contributed by atoms with Crippen molar-refractivity contribution in [1.82, 2.24) is 15.4 Å². The van der Waals surface area contributed by atoms with Crippen molar-refractivity contribution in [3.8, 4) is 16.9 Å². The lowest BCUT2D eigenvalue weighted by Crippen LogP contribution is -2.38. The highest BCUT2D eigenvalue weighted by atomic mass is 35.5. The molecule has 3 aromatic rings. The maximum Gasteiger partial charge on any atom is 0.273 e. The lowest BCUT2D eigenvalue weighted by atomic mass is 10.00. The normalized spacial score (nSPS) is 13.7. The lowest BCUT2D eigenvalue weighted by Gasteiger charge is -2.28. The Balaban J connectivity index is 1.54. The van der Waals surface area contributed by atoms with Crippen LogP contribution in [0.5, 0.6) is 5.75 Å². The largest absolute Gasteiger partial charge is 0.506 e. The summed E-state index contributed by atoms with van der Waals surface area (Å²) in [4.78, 5) is 22.3. The van der Waals surface area contributed by atoms with Crippen molar-refractivity contribution in [2.45, 2.75) is 6.43 Å². The molecule has 34 heavy (non-hydrogen) atoms. The molecule has 0 saturated carbocycles. The van der Waals surface area contributed by atoms with Crippen LogP contribution in [0.15, 0.2) is 42.6 Å². The molecule has 4 rings (SSSR count). The number of phenols is 1. The van der Waals surface area contributed by atoms with E-state index in [9.17, 15) is 23.1 Å². The van der Waals surface area contributed by atoms with Gasteiger partial charge in [-0.3, -0.25) is 15.6 Å². The Bertz CT molecular complexity index is 1210. The molecular formula is C22H19ClF3N5O3. The van der Waals surface area contributed by atoms with Gasteiger partial charge in [0.15, 0.2) is 11.6 Å². The number of carbonyl (C=O) groups is 1. The number of hydrogen-bond donors (Lipinski definition) is 3. The second-order valence-corrected chi connectivity index (χ2v) is 7.73. The Labute approximate surface area is 197 Å². The van der Waals surface area contributed by atoms with Crippen LogP contribution in [0.25, 0.3) is 11.1 Å². The van der Waals surface area contributed by atoms with E-state index in [1.165, 1.54) is 30.3 Å². The molecule has 2 aromatic carbocycles. The van der Waals surface area contributed by atoms with E-state index < -0.39 is 23.9 Å². The molecule has 0 radical (unpaired) electrons. The quantitative estimate of drug-likeness (QED) is 0.443. The molecule has 0 bridgehead atoms. The first-order chi connectivity index (χ1) is 16.3. The van der Waals surface area contributed by atoms with E-state index in [-0.39, 0.29) is 27.9 Å². The van der Waals surface area contributed by atoms with Gasteiger partial charge in [-0.1, -0.05) is 29.8 Å². The number of aromatic hydroxyl groups is 1. The first kappa shape index (κ1) is 23.6. The predicted octanol–water partition coefficient (Wildman–Crippen LogP) is 4.17. The average molecular weight is 494 g/mol. The molecule has 0 aliphatic carbocycles. The van der Waals surface area contributed by atoms with E-state index >= 15 is 0 Å². The molecule has 1 amide bonds. The Hall–Kier alpha value is -3.57. The highest BCUT2D eigenvalue weighted by Gasteiger charge is 2.20. The third kappa shape index (κ3) is 5.15. The highest BCUT2D eigenvalue weighted by Crippen LogP contribution is 2.34. The summed E-state index contributed by atoms with van der Waals surface area (Å²) >= 11 is 6.08. The van der Waals surface area contributed by atoms with Gasteiger partial charge in [0.25, 0.3) is 12.3 Å². The Morgan fingerprint density at radius 1 is 1.18 bits per heavy atom. The summed E-state index contributed by atoms with van der Waals surface area (Å²) in [5.74, 6) is -1.94. The van der Waals surface area contributed by atoms with E-state index in [0.717, 1.165) is 6.20 Å². The van der Waals surface area contributed by atoms with Crippen molar-refractivity contribution >= 4 is 29.3 Å². The summed E-state index contributed by atoms with van der Waals surface area (Å²) in [7, 11) is 0. The van der Waals surface area contributed by atoms with E-state index in [4.69, 9.17) is 16.3 Å². The number of anilines is 2. The molecule has 1 saturated heterocycles. The van der Waals surface area contributed by atoms with Crippen molar-refractivity contribution in [3.63, 3.8) is 0 Å². The minimum absolute atomic E-state index is 0.0573. The Morgan fingerprint density at radius 2 is 1.94 bits per heavy atom. The summed E-state index contributed by atoms with van der Waals surface area (Å²) < 4.78 is 45.6. The molecular weight excluding hydrogens is 475 g/mol. The number of halogens is 4. The number of nitrogens with one attached hydrogen (secondary N) is 2. The zero-order valence-corrected chi connectivity index (χ0v) is 18.3. The zero-order chi connectivity index (χ0) is 24.2. The van der Waals surface area contributed by atoms with Crippen LogP contribution in [-0.2, 0) is 4.74 Å². The van der Waals surface area contributed by atoms with E-state index in [1.807, 2.05) is 0 Å². The number of alkyl halides is 2. The number of benzene rings is 2. The molecule has 0 atom stereocenters. The molecule has 0 spiro atoms. The first-order valence-electron chi connectivity index (χ1n) is 10.2. The lowest BCUT2D eigenvalue weighted by molar-refractivity contribution is 0.0959. The van der Waals surface area contributed by atoms with Gasteiger partial charge in [0.1, 0.15) is 5.75 Å². The van der Waals surface area contributed by atoms with E-state index in [2.05, 4.69) is 20.8 Å². The second-order valence-electron chi connectivity index (χ2n) is 7.32. The SMILES string of the molecule is O=C(NNc1ncc(F)c(N2CCOCC2)n1)c1cc(-c2cccc(C(F)F)c2)cc(Cl)c1O. The maximum absolute atomic E-state index is 14.2. The van der Waals surface area contributed by atoms with Crippen LogP contribution in [0, 0.1) is 5.82 Å². The summed E-state index contributed by atoms with van der Waals surface area (Å²) in [5.41, 5.74) is 5.13. The molecule has 1 aliphatic heterocycles. The van der Waals surface area contributed by atoms with Gasteiger partial charge in [-0.05, 0) is 29.3 Å². The van der Waals surface area contributed by atoms with Crippen LogP contribution in [0.1, 0.15) is 22.3 Å². The molecule has 2 heterocycles. The molecule has 1 fully saturated rings. The maximum atomic E-state index is 14.2. The standard InChI is InChI=1S/C22H19ClF3N5O3/c23-16-10-14(12-2-1-3-13(8-12)19(25)26)9-15(18(16)32)21(33)29-30-22-27-11-17(24)20(28-22)31-4-6-34-7-5-31/h1-3,8-11,19,32H,4-7H2,(H,29,33)(H,27,28,30). The number of carbonyl (C=O) groups excluding carboxylic acids is 1. The molecule has 3 N–H and O–H groups in total. The molecule has 0 unspecified atom stereocenters. The number of phenolic OH excluding ortho intramolecular Hbond substituents is 1. The van der Waals surface area contributed by atoms with Crippen LogP contribution in [0.4, 0.5) is 24.9 Å². The van der Waals surface area contributed by atoms with E-state index in [0.29, 0.717) is 37.4 Å². The molecule has 1 aliphatic rings. The summed E-state index contributed by atoms with van der Waals surface area (Å²) in [6.07, 6.45) is -1.70. The second kappa shape index (κ2) is 10.1. The molecule has 178 valence electrons. The number of ether oxygens (including phenoxy) is 1. The van der Waals surface area contributed by atoms with Crippen molar-refractivity contribution in [2.24, 2.45) is 0 Å². The van der Waals surface area contributed by atoms with Crippen LogP contribution in [-0.4, -0.2) is 47.3 Å². The number of hydrogen-bond acceptors (Lipinski definition) is 7. The molecule has 1 aromatic heterocycles. The van der Waals surface area contributed by atoms with Crippen molar-refractivity contribution in [3.05, 3.63) is 64.6 Å². The van der Waals surface area contributed by atoms with E-state index in [1.54, 1.807) is 11.0 Å². The first-order valence-corrected chi connectivity index (χ1v) is 10.5. The van der Waals surface area contributed by atoms with Gasteiger partial charge >= 0.3 is 0 Å². The summed E-state index contributed by atoms with van der Waals surface area (Å²) in [5, 5.41) is 10.1. The van der Waals surface area contributed by atoms with Gasteiger partial charge in [0.2, 0.25) is 5.95 Å². The fourth-order valence-electron chi connectivity index (χ4n) is 3.39. The highest BCUT2D eigenvalue weighted by molar-refractivity contribution is 6.33. The summed E-state index contributed by atoms with van der Waals surface area (Å²) in [6, 6.07) is 8.26. The monoisotopic (exact) mass is 493 g/mol. The van der Waals surface area contributed by atoms with Gasteiger partial charge in [0, 0.05) is 18.7 Å². The van der Waals surface area contributed by atoms with Gasteiger partial charge in [-0.15, -0.1) is 0 Å². The zero-order valence-electron chi connectivity index (χ0n) is 17.6. The number of hydrazine groups is 1. The Kier molecular flexibility index (Phi) is 7.03. The minimum Gasteiger partial charge on any atom is -0.506 e. The topological polar surface area (TPSA) is 99.6 Å². The number of morpholine rings is 1. The van der Waals surface area contributed by atoms with Crippen LogP contribution in [0.3, 0.4) is 0 Å². The average Bonchev–Trinajstić information content (AvgIpc) is 2.85. The third-order valence-electron chi connectivity index (χ3n) is 5.10. The Morgan fingerprint density at radius 3 is 2.68 bits per heavy atom. The van der Waals surface area contributed by atoms with Gasteiger partial charge in [-0.25, -0.2) is 18.2 Å².